The smallest absolute Gasteiger partial charge is 0.136 e. The predicted molar refractivity (Wildman–Crippen MR) is 219 cm³/mol. The largest absolute Gasteiger partial charge is 0.456 e. The van der Waals surface area contributed by atoms with Crippen molar-refractivity contribution in [3.8, 4) is 33.4 Å². The molecule has 10 aromatic rings. The Kier molecular flexibility index (Phi) is 6.51. The van der Waals surface area contributed by atoms with Crippen molar-refractivity contribution in [1.29, 1.82) is 0 Å². The van der Waals surface area contributed by atoms with Gasteiger partial charge in [0.25, 0.3) is 0 Å². The van der Waals surface area contributed by atoms with E-state index in [0.29, 0.717) is 0 Å². The molecule has 0 spiro atoms. The van der Waals surface area contributed by atoms with E-state index >= 15 is 0 Å². The SMILES string of the molecule is CC(C)(C)c1c2ccccc2c(-c2cccc3oc4ccc(-c5c6ccccc6c(-c6ccccc6)c6ccccc56)cc4c23)c2ccccc12. The molecular weight excluding hydrogens is 617 g/mol. The summed E-state index contributed by atoms with van der Waals surface area (Å²) in [5.74, 6) is 0. The molecule has 0 atom stereocenters. The van der Waals surface area contributed by atoms with E-state index in [4.69, 9.17) is 4.42 Å². The third kappa shape index (κ3) is 4.48. The number of benzene rings is 9. The van der Waals surface area contributed by atoms with Crippen LogP contribution in [0.4, 0.5) is 0 Å². The van der Waals surface area contributed by atoms with Gasteiger partial charge in [-0.05, 0) is 106 Å². The molecule has 51 heavy (non-hydrogen) atoms. The Morgan fingerprint density at radius 1 is 0.353 bits per heavy atom. The van der Waals surface area contributed by atoms with Crippen LogP contribution in [0.3, 0.4) is 0 Å². The summed E-state index contributed by atoms with van der Waals surface area (Å²) in [6.07, 6.45) is 0. The topological polar surface area (TPSA) is 13.1 Å². The van der Waals surface area contributed by atoms with Gasteiger partial charge in [-0.3, -0.25) is 0 Å². The van der Waals surface area contributed by atoms with Crippen LogP contribution in [0.15, 0.2) is 168 Å². The Morgan fingerprint density at radius 3 is 1.35 bits per heavy atom. The minimum absolute atomic E-state index is 0.0252. The summed E-state index contributed by atoms with van der Waals surface area (Å²) in [4.78, 5) is 0. The van der Waals surface area contributed by atoms with Crippen LogP contribution in [0.25, 0.3) is 98.4 Å². The van der Waals surface area contributed by atoms with Crippen molar-refractivity contribution < 1.29 is 4.42 Å². The molecule has 10 rings (SSSR count). The second-order valence-corrected chi connectivity index (χ2v) is 14.8. The molecular formula is C50H36O. The zero-order valence-corrected chi connectivity index (χ0v) is 29.0. The van der Waals surface area contributed by atoms with Crippen molar-refractivity contribution in [2.24, 2.45) is 0 Å². The molecule has 0 aliphatic carbocycles. The standard InChI is InChI=1S/C50H36O/c1-50(2,3)49-39-24-13-11-22-37(39)47(38-23-12-14-25-40(38)49)41-26-15-27-44-48(41)42-30-32(28-29-43(42)51-44)46-35-20-9-7-18-33(35)45(31-16-5-4-6-17-31)34-19-8-10-21-36(34)46/h4-30H,1-3H3. The molecule has 9 aromatic carbocycles. The van der Waals surface area contributed by atoms with Gasteiger partial charge in [-0.2, -0.15) is 0 Å². The molecule has 0 N–H and O–H groups in total. The first-order valence-electron chi connectivity index (χ1n) is 17.9. The van der Waals surface area contributed by atoms with Gasteiger partial charge < -0.3 is 4.42 Å². The van der Waals surface area contributed by atoms with Gasteiger partial charge in [-0.25, -0.2) is 0 Å². The van der Waals surface area contributed by atoms with E-state index in [1.165, 1.54) is 82.0 Å². The Bertz CT molecular complexity index is 2880. The summed E-state index contributed by atoms with van der Waals surface area (Å²) < 4.78 is 6.66. The van der Waals surface area contributed by atoms with Crippen LogP contribution in [0.5, 0.6) is 0 Å². The molecule has 0 radical (unpaired) electrons. The lowest BCUT2D eigenvalue weighted by atomic mass is 9.77. The highest BCUT2D eigenvalue weighted by molar-refractivity contribution is 6.25. The van der Waals surface area contributed by atoms with E-state index in [9.17, 15) is 0 Å². The second kappa shape index (κ2) is 11.2. The molecule has 0 aliphatic rings. The molecule has 0 saturated carbocycles. The van der Waals surface area contributed by atoms with E-state index in [-0.39, 0.29) is 5.41 Å². The summed E-state index contributed by atoms with van der Waals surface area (Å²) >= 11 is 0. The summed E-state index contributed by atoms with van der Waals surface area (Å²) in [7, 11) is 0. The summed E-state index contributed by atoms with van der Waals surface area (Å²) in [6.45, 7) is 6.98. The van der Waals surface area contributed by atoms with E-state index in [1.807, 2.05) is 0 Å². The fraction of sp³-hybridized carbons (Fsp3) is 0.0800. The van der Waals surface area contributed by atoms with Gasteiger partial charge in [0.2, 0.25) is 0 Å². The van der Waals surface area contributed by atoms with Crippen LogP contribution in [-0.2, 0) is 5.41 Å². The van der Waals surface area contributed by atoms with Crippen LogP contribution in [0.2, 0.25) is 0 Å². The number of fused-ring (bicyclic) bond motifs is 7. The molecule has 0 aliphatic heterocycles. The first-order chi connectivity index (χ1) is 25.0. The van der Waals surface area contributed by atoms with Gasteiger partial charge in [0, 0.05) is 10.8 Å². The fourth-order valence-electron chi connectivity index (χ4n) is 8.77. The van der Waals surface area contributed by atoms with Crippen LogP contribution in [-0.4, -0.2) is 0 Å². The third-order valence-corrected chi connectivity index (χ3v) is 10.7. The molecule has 1 heterocycles. The number of hydrogen-bond acceptors (Lipinski definition) is 1. The Morgan fingerprint density at radius 2 is 0.824 bits per heavy atom. The van der Waals surface area contributed by atoms with Crippen molar-refractivity contribution in [1.82, 2.24) is 0 Å². The summed E-state index contributed by atoms with van der Waals surface area (Å²) in [5, 5.41) is 12.4. The van der Waals surface area contributed by atoms with Gasteiger partial charge >= 0.3 is 0 Å². The van der Waals surface area contributed by atoms with Crippen molar-refractivity contribution >= 4 is 65.0 Å². The highest BCUT2D eigenvalue weighted by Gasteiger charge is 2.25. The lowest BCUT2D eigenvalue weighted by Crippen LogP contribution is -2.13. The zero-order chi connectivity index (χ0) is 34.3. The Hall–Kier alpha value is -6.18. The van der Waals surface area contributed by atoms with Crippen LogP contribution in [0.1, 0.15) is 26.3 Å². The van der Waals surface area contributed by atoms with Gasteiger partial charge in [-0.1, -0.05) is 166 Å². The Balaban J connectivity index is 1.31. The monoisotopic (exact) mass is 652 g/mol. The molecule has 0 bridgehead atoms. The second-order valence-electron chi connectivity index (χ2n) is 14.8. The molecule has 0 fully saturated rings. The first-order valence-corrected chi connectivity index (χ1v) is 17.9. The van der Waals surface area contributed by atoms with E-state index in [2.05, 4.69) is 185 Å². The van der Waals surface area contributed by atoms with Crippen molar-refractivity contribution in [2.45, 2.75) is 26.2 Å². The average molecular weight is 653 g/mol. The summed E-state index contributed by atoms with van der Waals surface area (Å²) in [5.41, 5.74) is 10.6. The van der Waals surface area contributed by atoms with Crippen molar-refractivity contribution in [2.75, 3.05) is 0 Å². The van der Waals surface area contributed by atoms with Crippen molar-refractivity contribution in [3.05, 3.63) is 169 Å². The van der Waals surface area contributed by atoms with Crippen LogP contribution >= 0.6 is 0 Å². The molecule has 0 saturated heterocycles. The fourth-order valence-corrected chi connectivity index (χ4v) is 8.77. The number of furan rings is 1. The van der Waals surface area contributed by atoms with Gasteiger partial charge in [0.15, 0.2) is 0 Å². The Labute approximate surface area is 297 Å². The molecule has 242 valence electrons. The quantitative estimate of drug-likeness (QED) is 0.173. The molecule has 0 unspecified atom stereocenters. The maximum Gasteiger partial charge on any atom is 0.136 e. The van der Waals surface area contributed by atoms with Crippen LogP contribution in [0, 0.1) is 0 Å². The first kappa shape index (κ1) is 29.7. The van der Waals surface area contributed by atoms with E-state index < -0.39 is 0 Å². The maximum absolute atomic E-state index is 6.66. The molecule has 1 heteroatoms. The van der Waals surface area contributed by atoms with E-state index in [0.717, 1.165) is 21.9 Å². The highest BCUT2D eigenvalue weighted by atomic mass is 16.3. The minimum Gasteiger partial charge on any atom is -0.456 e. The van der Waals surface area contributed by atoms with Crippen molar-refractivity contribution in [3.63, 3.8) is 0 Å². The van der Waals surface area contributed by atoms with Gasteiger partial charge in [0.05, 0.1) is 0 Å². The minimum atomic E-state index is -0.0252. The number of rotatable bonds is 3. The third-order valence-electron chi connectivity index (χ3n) is 10.7. The summed E-state index contributed by atoms with van der Waals surface area (Å²) in [6, 6.07) is 59.8. The zero-order valence-electron chi connectivity index (χ0n) is 29.0. The number of hydrogen-bond donors (Lipinski definition) is 0. The van der Waals surface area contributed by atoms with Gasteiger partial charge in [0.1, 0.15) is 11.2 Å². The lowest BCUT2D eigenvalue weighted by molar-refractivity contribution is 0.601. The van der Waals surface area contributed by atoms with Gasteiger partial charge in [-0.15, -0.1) is 0 Å². The highest BCUT2D eigenvalue weighted by Crippen LogP contribution is 2.48. The van der Waals surface area contributed by atoms with E-state index in [1.54, 1.807) is 0 Å². The molecule has 1 nitrogen and oxygen atoms in total. The lowest BCUT2D eigenvalue weighted by Gasteiger charge is -2.26. The average Bonchev–Trinajstić information content (AvgIpc) is 3.54. The predicted octanol–water partition coefficient (Wildman–Crippen LogP) is 14.5. The molecule has 0 amide bonds. The normalized spacial score (nSPS) is 12.2. The molecule has 1 aromatic heterocycles. The van der Waals surface area contributed by atoms with Crippen LogP contribution < -0.4 is 0 Å². The maximum atomic E-state index is 6.66.